The number of amides is 1. The summed E-state index contributed by atoms with van der Waals surface area (Å²) in [7, 11) is -4.14. The van der Waals surface area contributed by atoms with E-state index < -0.39 is 21.4 Å². The molecule has 3 aromatic carbocycles. The van der Waals surface area contributed by atoms with Crippen LogP contribution in [0.2, 0.25) is 5.02 Å². The van der Waals surface area contributed by atoms with Crippen molar-refractivity contribution in [1.29, 1.82) is 0 Å². The van der Waals surface area contributed by atoms with Crippen LogP contribution in [0.25, 0.3) is 10.8 Å². The summed E-state index contributed by atoms with van der Waals surface area (Å²) in [6.07, 6.45) is 3.10. The van der Waals surface area contributed by atoms with Crippen LogP contribution in [-0.4, -0.2) is 59.9 Å². The fraction of sp³-hybridized carbons (Fsp3) is 0.161. The van der Waals surface area contributed by atoms with Crippen LogP contribution in [0.3, 0.4) is 0 Å². The minimum atomic E-state index is -4.14. The van der Waals surface area contributed by atoms with Crippen molar-refractivity contribution >= 4 is 44.2 Å². The molecule has 224 valence electrons. The van der Waals surface area contributed by atoms with Gasteiger partial charge in [0.2, 0.25) is 0 Å². The molecule has 2 aromatic heterocycles. The van der Waals surface area contributed by atoms with Gasteiger partial charge in [0.05, 0.1) is 17.1 Å². The SMILES string of the molecule is O=C(c1ccccc1Cl)N1CCN(c2cc(=O)[nH]c(=O)n2Cc2ccc(OS(=O)(=O)c3cccc4cnccc34)cc2)CC1. The predicted octanol–water partition coefficient (Wildman–Crippen LogP) is 3.52. The molecule has 0 spiro atoms. The Morgan fingerprint density at radius 3 is 2.43 bits per heavy atom. The first-order valence-electron chi connectivity index (χ1n) is 13.7. The number of piperazine rings is 1. The molecule has 0 aliphatic carbocycles. The lowest BCUT2D eigenvalue weighted by atomic mass is 10.1. The highest BCUT2D eigenvalue weighted by Gasteiger charge is 2.26. The Hall–Kier alpha value is -4.94. The fourth-order valence-electron chi connectivity index (χ4n) is 5.18. The fourth-order valence-corrected chi connectivity index (χ4v) is 6.55. The Morgan fingerprint density at radius 2 is 1.68 bits per heavy atom. The normalized spacial score (nSPS) is 13.7. The van der Waals surface area contributed by atoms with E-state index in [4.69, 9.17) is 15.8 Å². The van der Waals surface area contributed by atoms with E-state index in [0.717, 1.165) is 0 Å². The van der Waals surface area contributed by atoms with Gasteiger partial charge < -0.3 is 14.0 Å². The average Bonchev–Trinajstić information content (AvgIpc) is 3.02. The van der Waals surface area contributed by atoms with Crippen molar-refractivity contribution in [2.75, 3.05) is 31.1 Å². The third-order valence-corrected chi connectivity index (χ3v) is 9.02. The van der Waals surface area contributed by atoms with Crippen LogP contribution in [0.1, 0.15) is 15.9 Å². The predicted molar refractivity (Wildman–Crippen MR) is 166 cm³/mol. The summed E-state index contributed by atoms with van der Waals surface area (Å²) in [5, 5.41) is 1.55. The smallest absolute Gasteiger partial charge is 0.339 e. The number of benzene rings is 3. The van der Waals surface area contributed by atoms with E-state index in [9.17, 15) is 22.8 Å². The topological polar surface area (TPSA) is 135 Å². The summed E-state index contributed by atoms with van der Waals surface area (Å²) >= 11 is 6.21. The Bertz CT molecular complexity index is 2080. The number of carbonyl (C=O) groups excluding carboxylic acids is 1. The van der Waals surface area contributed by atoms with Gasteiger partial charge in [-0.15, -0.1) is 0 Å². The number of rotatable bonds is 7. The van der Waals surface area contributed by atoms with Crippen LogP contribution in [0.15, 0.2) is 106 Å². The molecule has 5 aromatic rings. The van der Waals surface area contributed by atoms with Crippen molar-refractivity contribution in [2.24, 2.45) is 0 Å². The molecule has 0 saturated carbocycles. The molecule has 0 bridgehead atoms. The minimum Gasteiger partial charge on any atom is -0.379 e. The molecule has 1 amide bonds. The van der Waals surface area contributed by atoms with Gasteiger partial charge in [0.15, 0.2) is 0 Å². The van der Waals surface area contributed by atoms with Crippen LogP contribution in [0.5, 0.6) is 5.75 Å². The van der Waals surface area contributed by atoms with Gasteiger partial charge in [-0.2, -0.15) is 8.42 Å². The van der Waals surface area contributed by atoms with Crippen LogP contribution in [0.4, 0.5) is 5.82 Å². The second-order valence-electron chi connectivity index (χ2n) is 10.2. The number of nitrogens with zero attached hydrogens (tertiary/aromatic N) is 4. The number of hydrogen-bond acceptors (Lipinski definition) is 8. The molecule has 1 N–H and O–H groups in total. The second-order valence-corrected chi connectivity index (χ2v) is 12.1. The maximum Gasteiger partial charge on any atom is 0.339 e. The lowest BCUT2D eigenvalue weighted by Crippen LogP contribution is -2.50. The maximum atomic E-state index is 13.1. The van der Waals surface area contributed by atoms with E-state index in [0.29, 0.717) is 58.9 Å². The van der Waals surface area contributed by atoms with Crippen LogP contribution >= 0.6 is 11.6 Å². The van der Waals surface area contributed by atoms with E-state index in [1.165, 1.54) is 35.0 Å². The van der Waals surface area contributed by atoms with Gasteiger partial charge in [0.1, 0.15) is 16.5 Å². The van der Waals surface area contributed by atoms with Gasteiger partial charge in [-0.3, -0.25) is 24.1 Å². The highest BCUT2D eigenvalue weighted by molar-refractivity contribution is 7.87. The first-order valence-corrected chi connectivity index (χ1v) is 15.5. The number of anilines is 1. The van der Waals surface area contributed by atoms with Gasteiger partial charge >= 0.3 is 15.8 Å². The Labute approximate surface area is 257 Å². The molecule has 1 fully saturated rings. The summed E-state index contributed by atoms with van der Waals surface area (Å²) < 4.78 is 33.0. The maximum absolute atomic E-state index is 13.1. The van der Waals surface area contributed by atoms with Crippen molar-refractivity contribution in [1.82, 2.24) is 19.4 Å². The van der Waals surface area contributed by atoms with Gasteiger partial charge in [0, 0.05) is 55.4 Å². The first kappa shape index (κ1) is 29.1. The number of aromatic amines is 1. The number of fused-ring (bicyclic) bond motifs is 1. The molecular weight excluding hydrogens is 606 g/mol. The van der Waals surface area contributed by atoms with Crippen LogP contribution in [0, 0.1) is 0 Å². The number of aromatic nitrogens is 3. The highest BCUT2D eigenvalue weighted by Crippen LogP contribution is 2.26. The molecule has 0 atom stereocenters. The summed E-state index contributed by atoms with van der Waals surface area (Å²) in [6.45, 7) is 1.65. The van der Waals surface area contributed by atoms with E-state index in [1.54, 1.807) is 65.7 Å². The Balaban J connectivity index is 1.18. The minimum absolute atomic E-state index is 0.0274. The number of H-pyrrole nitrogens is 1. The molecule has 1 aliphatic rings. The third kappa shape index (κ3) is 5.94. The molecule has 6 rings (SSSR count). The Morgan fingerprint density at radius 1 is 0.932 bits per heavy atom. The van der Waals surface area contributed by atoms with Crippen molar-refractivity contribution in [3.63, 3.8) is 0 Å². The van der Waals surface area contributed by atoms with Gasteiger partial charge in [-0.1, -0.05) is 48.0 Å². The van der Waals surface area contributed by atoms with Gasteiger partial charge in [0.25, 0.3) is 11.5 Å². The lowest BCUT2D eigenvalue weighted by Gasteiger charge is -2.36. The zero-order valence-electron chi connectivity index (χ0n) is 23.2. The largest absolute Gasteiger partial charge is 0.379 e. The van der Waals surface area contributed by atoms with E-state index in [1.807, 2.05) is 4.90 Å². The standard InChI is InChI=1S/C31H26ClN5O6S/c32-26-6-2-1-5-25(26)30(39)36-16-14-35(15-17-36)29-18-28(38)34-31(40)37(29)20-21-8-10-23(11-9-21)43-44(41,42)27-7-3-4-22-19-33-13-12-24(22)27/h1-13,18-19H,14-17,20H2,(H,34,38,40). The monoisotopic (exact) mass is 631 g/mol. The van der Waals surface area contributed by atoms with Crippen molar-refractivity contribution in [3.05, 3.63) is 128 Å². The van der Waals surface area contributed by atoms with E-state index >= 15 is 0 Å². The number of carbonyl (C=O) groups is 1. The van der Waals surface area contributed by atoms with E-state index in [-0.39, 0.29) is 23.1 Å². The molecule has 44 heavy (non-hydrogen) atoms. The number of hydrogen-bond donors (Lipinski definition) is 1. The number of halogens is 1. The molecular formula is C31H26ClN5O6S. The summed E-state index contributed by atoms with van der Waals surface area (Å²) in [4.78, 5) is 48.1. The molecule has 0 radical (unpaired) electrons. The van der Waals surface area contributed by atoms with Gasteiger partial charge in [-0.05, 0) is 42.0 Å². The van der Waals surface area contributed by atoms with Crippen LogP contribution < -0.4 is 20.3 Å². The average molecular weight is 632 g/mol. The summed E-state index contributed by atoms with van der Waals surface area (Å²) in [5.74, 6) is 0.338. The summed E-state index contributed by atoms with van der Waals surface area (Å²) in [6, 6.07) is 21.0. The lowest BCUT2D eigenvalue weighted by molar-refractivity contribution is 0.0746. The van der Waals surface area contributed by atoms with Crippen molar-refractivity contribution in [2.45, 2.75) is 11.4 Å². The number of pyridine rings is 1. The van der Waals surface area contributed by atoms with Crippen molar-refractivity contribution < 1.29 is 17.4 Å². The molecule has 0 unspecified atom stereocenters. The highest BCUT2D eigenvalue weighted by atomic mass is 35.5. The van der Waals surface area contributed by atoms with Crippen molar-refractivity contribution in [3.8, 4) is 5.75 Å². The first-order chi connectivity index (χ1) is 21.2. The molecule has 13 heteroatoms. The second kappa shape index (κ2) is 12.0. The molecule has 1 saturated heterocycles. The molecule has 1 aliphatic heterocycles. The van der Waals surface area contributed by atoms with Gasteiger partial charge in [-0.25, -0.2) is 4.79 Å². The quantitative estimate of drug-likeness (QED) is 0.270. The third-order valence-electron chi connectivity index (χ3n) is 7.39. The molecule has 11 nitrogen and oxygen atoms in total. The van der Waals surface area contributed by atoms with E-state index in [2.05, 4.69) is 9.97 Å². The zero-order chi connectivity index (χ0) is 30.8. The van der Waals surface area contributed by atoms with Crippen LogP contribution in [-0.2, 0) is 16.7 Å². The summed E-state index contributed by atoms with van der Waals surface area (Å²) in [5.41, 5.74) is -0.0244. The Kier molecular flexibility index (Phi) is 7.93. The number of nitrogens with one attached hydrogen (secondary N) is 1. The zero-order valence-corrected chi connectivity index (χ0v) is 24.8. The molecule has 3 heterocycles.